The lowest BCUT2D eigenvalue weighted by Gasteiger charge is -2.23. The molecular formula is C21H22N4O4S2. The Hall–Kier alpha value is -2.98. The number of thiazole rings is 1. The van der Waals surface area contributed by atoms with Gasteiger partial charge in [0.05, 0.1) is 13.0 Å². The molecule has 10 heteroatoms. The van der Waals surface area contributed by atoms with Crippen molar-refractivity contribution in [2.24, 2.45) is 0 Å². The van der Waals surface area contributed by atoms with Crippen LogP contribution in [0, 0.1) is 0 Å². The number of amides is 3. The second-order valence-corrected chi connectivity index (χ2v) is 9.09. The molecule has 0 bridgehead atoms. The van der Waals surface area contributed by atoms with Crippen LogP contribution in [-0.4, -0.2) is 40.2 Å². The molecule has 0 aliphatic carbocycles. The maximum absolute atomic E-state index is 12.8. The van der Waals surface area contributed by atoms with E-state index >= 15 is 0 Å². The van der Waals surface area contributed by atoms with Crippen LogP contribution < -0.4 is 10.6 Å². The Morgan fingerprint density at radius 2 is 2.13 bits per heavy atom. The summed E-state index contributed by atoms with van der Waals surface area (Å²) >= 11 is 2.84. The summed E-state index contributed by atoms with van der Waals surface area (Å²) in [7, 11) is 0. The minimum absolute atomic E-state index is 0.0257. The van der Waals surface area contributed by atoms with E-state index in [-0.39, 0.29) is 17.7 Å². The summed E-state index contributed by atoms with van der Waals surface area (Å²) in [5, 5.41) is 9.72. The zero-order valence-corrected chi connectivity index (χ0v) is 18.6. The highest BCUT2D eigenvalue weighted by Gasteiger charge is 2.34. The van der Waals surface area contributed by atoms with Crippen molar-refractivity contribution in [1.82, 2.24) is 15.2 Å². The number of rotatable bonds is 7. The van der Waals surface area contributed by atoms with Gasteiger partial charge in [-0.2, -0.15) is 0 Å². The van der Waals surface area contributed by atoms with E-state index in [0.29, 0.717) is 48.3 Å². The number of likely N-dealkylation sites (tertiary alicyclic amines) is 1. The normalized spacial score (nSPS) is 15.8. The van der Waals surface area contributed by atoms with E-state index in [1.165, 1.54) is 18.3 Å². The lowest BCUT2D eigenvalue weighted by Crippen LogP contribution is -2.43. The molecule has 0 spiro atoms. The van der Waals surface area contributed by atoms with Crippen LogP contribution in [0.1, 0.15) is 30.4 Å². The second kappa shape index (κ2) is 9.44. The number of nitrogens with zero attached hydrogens (tertiary/aromatic N) is 2. The molecule has 1 unspecified atom stereocenters. The average molecular weight is 459 g/mol. The molecule has 1 atom stereocenters. The summed E-state index contributed by atoms with van der Waals surface area (Å²) < 4.78 is 5.70. The number of aromatic nitrogens is 1. The van der Waals surface area contributed by atoms with Gasteiger partial charge in [0, 0.05) is 23.7 Å². The van der Waals surface area contributed by atoms with Crippen molar-refractivity contribution in [3.63, 3.8) is 0 Å². The van der Waals surface area contributed by atoms with Gasteiger partial charge in [-0.1, -0.05) is 6.07 Å². The van der Waals surface area contributed by atoms with Gasteiger partial charge in [0.15, 0.2) is 10.9 Å². The fourth-order valence-electron chi connectivity index (χ4n) is 3.46. The van der Waals surface area contributed by atoms with Crippen LogP contribution in [0.3, 0.4) is 0 Å². The molecule has 3 aromatic heterocycles. The molecule has 31 heavy (non-hydrogen) atoms. The molecule has 4 rings (SSSR count). The van der Waals surface area contributed by atoms with Gasteiger partial charge in [-0.15, -0.1) is 22.7 Å². The first-order valence-corrected chi connectivity index (χ1v) is 11.7. The standard InChI is InChI=1S/C21H22N4O4S2/c1-13(26)22-11-14-6-7-18(29-14)16-12-31-21(23-16)24-20(28)17-5-2-8-25(17)19(27)10-15-4-3-9-30-15/h3-4,6-7,9,12,17H,2,5,8,10-11H2,1H3,(H,22,26)(H,23,24,28). The maximum atomic E-state index is 12.8. The van der Waals surface area contributed by atoms with E-state index in [2.05, 4.69) is 15.6 Å². The Labute approximate surface area is 187 Å². The molecule has 162 valence electrons. The van der Waals surface area contributed by atoms with Crippen LogP contribution in [0.5, 0.6) is 0 Å². The highest BCUT2D eigenvalue weighted by Crippen LogP contribution is 2.28. The van der Waals surface area contributed by atoms with Crippen LogP contribution in [0.4, 0.5) is 5.13 Å². The number of carbonyl (C=O) groups excluding carboxylic acids is 3. The van der Waals surface area contributed by atoms with Crippen LogP contribution >= 0.6 is 22.7 Å². The predicted octanol–water partition coefficient (Wildman–Crippen LogP) is 3.27. The topological polar surface area (TPSA) is 105 Å². The summed E-state index contributed by atoms with van der Waals surface area (Å²) in [6, 6.07) is 6.93. The first kappa shape index (κ1) is 21.3. The van der Waals surface area contributed by atoms with Crippen LogP contribution in [0.25, 0.3) is 11.5 Å². The molecule has 0 radical (unpaired) electrons. The van der Waals surface area contributed by atoms with E-state index in [0.717, 1.165) is 11.3 Å². The highest BCUT2D eigenvalue weighted by atomic mass is 32.1. The predicted molar refractivity (Wildman–Crippen MR) is 119 cm³/mol. The van der Waals surface area contributed by atoms with E-state index in [1.54, 1.807) is 33.7 Å². The van der Waals surface area contributed by atoms with Gasteiger partial charge < -0.3 is 20.0 Å². The summed E-state index contributed by atoms with van der Waals surface area (Å²) in [5.41, 5.74) is 0.603. The summed E-state index contributed by atoms with van der Waals surface area (Å²) in [6.45, 7) is 2.34. The van der Waals surface area contributed by atoms with Gasteiger partial charge in [-0.25, -0.2) is 4.98 Å². The number of hydrogen-bond donors (Lipinski definition) is 2. The van der Waals surface area contributed by atoms with Crippen molar-refractivity contribution in [3.8, 4) is 11.5 Å². The largest absolute Gasteiger partial charge is 0.458 e. The smallest absolute Gasteiger partial charge is 0.248 e. The minimum atomic E-state index is -0.479. The maximum Gasteiger partial charge on any atom is 0.248 e. The Balaban J connectivity index is 1.37. The number of thiophene rings is 1. The molecule has 3 amide bonds. The Bertz CT molecular complexity index is 1070. The van der Waals surface area contributed by atoms with Crippen LogP contribution in [0.2, 0.25) is 0 Å². The number of carbonyl (C=O) groups is 3. The van der Waals surface area contributed by atoms with Gasteiger partial charge in [0.2, 0.25) is 17.7 Å². The number of furan rings is 1. The van der Waals surface area contributed by atoms with Gasteiger partial charge in [0.1, 0.15) is 17.5 Å². The molecule has 4 heterocycles. The zero-order valence-electron chi connectivity index (χ0n) is 16.9. The average Bonchev–Trinajstić information content (AvgIpc) is 3.53. The van der Waals surface area contributed by atoms with Crippen molar-refractivity contribution in [1.29, 1.82) is 0 Å². The first-order chi connectivity index (χ1) is 15.0. The van der Waals surface area contributed by atoms with Crippen molar-refractivity contribution in [3.05, 3.63) is 45.7 Å². The van der Waals surface area contributed by atoms with Gasteiger partial charge in [-0.3, -0.25) is 14.4 Å². The van der Waals surface area contributed by atoms with Crippen molar-refractivity contribution in [2.75, 3.05) is 11.9 Å². The second-order valence-electron chi connectivity index (χ2n) is 7.20. The molecule has 1 fully saturated rings. The molecule has 2 N–H and O–H groups in total. The monoisotopic (exact) mass is 458 g/mol. The Morgan fingerprint density at radius 1 is 1.26 bits per heavy atom. The Morgan fingerprint density at radius 3 is 2.90 bits per heavy atom. The van der Waals surface area contributed by atoms with Gasteiger partial charge >= 0.3 is 0 Å². The lowest BCUT2D eigenvalue weighted by molar-refractivity contribution is -0.136. The summed E-state index contributed by atoms with van der Waals surface area (Å²) in [5.74, 6) is 0.803. The molecule has 1 saturated heterocycles. The summed E-state index contributed by atoms with van der Waals surface area (Å²) in [4.78, 5) is 43.6. The van der Waals surface area contributed by atoms with E-state index < -0.39 is 6.04 Å². The van der Waals surface area contributed by atoms with E-state index in [9.17, 15) is 14.4 Å². The van der Waals surface area contributed by atoms with Gasteiger partial charge in [0.25, 0.3) is 0 Å². The SMILES string of the molecule is CC(=O)NCc1ccc(-c2csc(NC(=O)C3CCCN3C(=O)Cc3cccs3)n2)o1. The number of anilines is 1. The third kappa shape index (κ3) is 5.20. The van der Waals surface area contributed by atoms with Gasteiger partial charge in [-0.05, 0) is 36.4 Å². The Kier molecular flexibility index (Phi) is 6.47. The third-order valence-corrected chi connectivity index (χ3v) is 6.58. The highest BCUT2D eigenvalue weighted by molar-refractivity contribution is 7.14. The molecule has 1 aliphatic rings. The molecule has 0 saturated carbocycles. The van der Waals surface area contributed by atoms with Crippen molar-refractivity contribution >= 4 is 45.5 Å². The molecule has 3 aromatic rings. The number of nitrogens with one attached hydrogen (secondary N) is 2. The quantitative estimate of drug-likeness (QED) is 0.565. The first-order valence-electron chi connectivity index (χ1n) is 9.91. The van der Waals surface area contributed by atoms with E-state index in [4.69, 9.17) is 4.42 Å². The fourth-order valence-corrected chi connectivity index (χ4v) is 4.86. The third-order valence-electron chi connectivity index (χ3n) is 4.94. The fraction of sp³-hybridized carbons (Fsp3) is 0.333. The molecule has 8 nitrogen and oxygen atoms in total. The zero-order chi connectivity index (χ0) is 21.8. The van der Waals surface area contributed by atoms with Crippen LogP contribution in [-0.2, 0) is 27.3 Å². The minimum Gasteiger partial charge on any atom is -0.458 e. The summed E-state index contributed by atoms with van der Waals surface area (Å²) in [6.07, 6.45) is 1.77. The van der Waals surface area contributed by atoms with Crippen molar-refractivity contribution in [2.45, 2.75) is 38.8 Å². The van der Waals surface area contributed by atoms with Crippen molar-refractivity contribution < 1.29 is 18.8 Å². The molecular weight excluding hydrogens is 436 g/mol. The molecule has 0 aromatic carbocycles. The van der Waals surface area contributed by atoms with Crippen LogP contribution in [0.15, 0.2) is 39.4 Å². The lowest BCUT2D eigenvalue weighted by atomic mass is 10.2. The van der Waals surface area contributed by atoms with E-state index in [1.807, 2.05) is 17.5 Å². The molecule has 1 aliphatic heterocycles. The number of hydrogen-bond acceptors (Lipinski definition) is 7.